The average Bonchev–Trinajstić information content (AvgIpc) is 2.36. The largest absolute Gasteiger partial charge is 0.369 e. The molecule has 1 unspecified atom stereocenters. The smallest absolute Gasteiger partial charge is 0.368 e. The van der Waals surface area contributed by atoms with Crippen LogP contribution in [0.5, 0.6) is 0 Å². The second-order valence-electron chi connectivity index (χ2n) is 4.94. The highest BCUT2D eigenvalue weighted by Crippen LogP contribution is 2.70. The van der Waals surface area contributed by atoms with E-state index < -0.39 is 32.6 Å². The number of hydrogen-bond donors (Lipinski definition) is 5. The standard InChI is InChI=1S/C11H16O7P2S/c12-11(19(13,14)15,20(16,17)18)7-8-5-6-21-10-4-2-1-3-9(8)10/h1-4,8,12H,5-7H2,(H2,13,14,15)(H2,16,17,18). The summed E-state index contributed by atoms with van der Waals surface area (Å²) in [6.45, 7) is 0. The minimum absolute atomic E-state index is 0.476. The Labute approximate surface area is 125 Å². The van der Waals surface area contributed by atoms with Gasteiger partial charge in [0.05, 0.1) is 0 Å². The first-order valence-corrected chi connectivity index (χ1v) is 10.3. The number of rotatable bonds is 4. The molecule has 0 aromatic heterocycles. The van der Waals surface area contributed by atoms with Crippen LogP contribution in [0.1, 0.15) is 24.3 Å². The zero-order valence-electron chi connectivity index (χ0n) is 10.9. The molecule has 0 saturated heterocycles. The SMILES string of the molecule is O=P(O)(O)C(O)(CC1CCSc2ccccc21)P(=O)(O)O. The van der Waals surface area contributed by atoms with Gasteiger partial charge in [0.15, 0.2) is 0 Å². The number of thioether (sulfide) groups is 1. The molecule has 0 radical (unpaired) electrons. The second kappa shape index (κ2) is 5.80. The van der Waals surface area contributed by atoms with E-state index in [1.165, 1.54) is 0 Å². The Morgan fingerprint density at radius 2 is 1.71 bits per heavy atom. The molecule has 2 rings (SSSR count). The quantitative estimate of drug-likeness (QED) is 0.515. The van der Waals surface area contributed by atoms with Crippen LogP contribution in [0.25, 0.3) is 0 Å². The first-order valence-electron chi connectivity index (χ1n) is 6.11. The van der Waals surface area contributed by atoms with Crippen molar-refractivity contribution in [2.45, 2.75) is 28.7 Å². The Balaban J connectivity index is 2.41. The highest BCUT2D eigenvalue weighted by molar-refractivity contribution is 7.99. The van der Waals surface area contributed by atoms with Crippen molar-refractivity contribution >= 4 is 27.0 Å². The summed E-state index contributed by atoms with van der Waals surface area (Å²) >= 11 is 1.56. The molecule has 1 atom stereocenters. The molecule has 0 saturated carbocycles. The zero-order chi connectivity index (χ0) is 15.9. The minimum Gasteiger partial charge on any atom is -0.368 e. The van der Waals surface area contributed by atoms with Crippen LogP contribution in [0, 0.1) is 0 Å². The Morgan fingerprint density at radius 1 is 1.14 bits per heavy atom. The number of fused-ring (bicyclic) bond motifs is 1. The van der Waals surface area contributed by atoms with Crippen LogP contribution in [0.2, 0.25) is 0 Å². The first kappa shape index (κ1) is 17.2. The van der Waals surface area contributed by atoms with Gasteiger partial charge in [-0.3, -0.25) is 9.13 Å². The first-order chi connectivity index (χ1) is 9.56. The van der Waals surface area contributed by atoms with Gasteiger partial charge < -0.3 is 24.7 Å². The van der Waals surface area contributed by atoms with Gasteiger partial charge in [-0.25, -0.2) is 0 Å². The van der Waals surface area contributed by atoms with Crippen molar-refractivity contribution in [2.75, 3.05) is 5.75 Å². The van der Waals surface area contributed by atoms with Crippen molar-refractivity contribution in [3.63, 3.8) is 0 Å². The van der Waals surface area contributed by atoms with E-state index in [4.69, 9.17) is 0 Å². The molecule has 0 fully saturated rings. The molecule has 0 aliphatic carbocycles. The zero-order valence-corrected chi connectivity index (χ0v) is 13.5. The molecule has 118 valence electrons. The van der Waals surface area contributed by atoms with E-state index in [0.29, 0.717) is 12.2 Å². The van der Waals surface area contributed by atoms with E-state index in [2.05, 4.69) is 0 Å². The van der Waals surface area contributed by atoms with E-state index in [0.717, 1.165) is 10.5 Å². The van der Waals surface area contributed by atoms with E-state index in [9.17, 15) is 33.8 Å². The van der Waals surface area contributed by atoms with Gasteiger partial charge >= 0.3 is 15.2 Å². The molecule has 5 N–H and O–H groups in total. The number of aliphatic hydroxyl groups is 1. The van der Waals surface area contributed by atoms with Gasteiger partial charge in [0.25, 0.3) is 5.08 Å². The summed E-state index contributed by atoms with van der Waals surface area (Å²) in [5.74, 6) is 0.132. The van der Waals surface area contributed by atoms with Crippen molar-refractivity contribution in [3.8, 4) is 0 Å². The molecule has 21 heavy (non-hydrogen) atoms. The maximum absolute atomic E-state index is 11.4. The van der Waals surface area contributed by atoms with Crippen LogP contribution in [-0.2, 0) is 9.13 Å². The fourth-order valence-corrected chi connectivity index (χ4v) is 5.84. The third-order valence-electron chi connectivity index (χ3n) is 3.54. The molecule has 10 heteroatoms. The van der Waals surface area contributed by atoms with E-state index >= 15 is 0 Å². The van der Waals surface area contributed by atoms with Crippen molar-refractivity contribution in [2.24, 2.45) is 0 Å². The van der Waals surface area contributed by atoms with Crippen LogP contribution in [-0.4, -0.2) is 35.5 Å². The van der Waals surface area contributed by atoms with Gasteiger partial charge in [0.2, 0.25) is 0 Å². The molecule has 1 aliphatic heterocycles. The van der Waals surface area contributed by atoms with Gasteiger partial charge in [-0.05, 0) is 29.7 Å². The van der Waals surface area contributed by atoms with E-state index in [1.54, 1.807) is 23.9 Å². The highest BCUT2D eigenvalue weighted by atomic mass is 32.2. The summed E-state index contributed by atoms with van der Waals surface area (Å²) in [6.07, 6.45) is -0.205. The van der Waals surface area contributed by atoms with Crippen LogP contribution >= 0.6 is 27.0 Å². The van der Waals surface area contributed by atoms with Crippen molar-refractivity contribution in [3.05, 3.63) is 29.8 Å². The molecule has 1 aromatic rings. The molecule has 1 aromatic carbocycles. The molecular formula is C11H16O7P2S. The normalized spacial score (nSPS) is 20.1. The summed E-state index contributed by atoms with van der Waals surface area (Å²) < 4.78 is 22.9. The van der Waals surface area contributed by atoms with Crippen LogP contribution in [0.4, 0.5) is 0 Å². The van der Waals surface area contributed by atoms with Crippen molar-refractivity contribution < 1.29 is 33.8 Å². The van der Waals surface area contributed by atoms with Crippen LogP contribution in [0.3, 0.4) is 0 Å². The predicted molar refractivity (Wildman–Crippen MR) is 78.2 cm³/mol. The third kappa shape index (κ3) is 3.28. The summed E-state index contributed by atoms with van der Waals surface area (Å²) in [5.41, 5.74) is 0.745. The predicted octanol–water partition coefficient (Wildman–Crippen LogP) is 1.66. The summed E-state index contributed by atoms with van der Waals surface area (Å²) in [5, 5.41) is 6.68. The van der Waals surface area contributed by atoms with Gasteiger partial charge in [0, 0.05) is 11.3 Å². The Kier molecular flexibility index (Phi) is 4.74. The number of hydrogen-bond acceptors (Lipinski definition) is 4. The topological polar surface area (TPSA) is 135 Å². The molecular weight excluding hydrogens is 338 g/mol. The lowest BCUT2D eigenvalue weighted by Gasteiger charge is -2.34. The van der Waals surface area contributed by atoms with Gasteiger partial charge in [-0.2, -0.15) is 0 Å². The molecule has 1 aliphatic rings. The summed E-state index contributed by atoms with van der Waals surface area (Å²) in [7, 11) is -10.8. The van der Waals surface area contributed by atoms with Crippen LogP contribution in [0.15, 0.2) is 29.2 Å². The van der Waals surface area contributed by atoms with Gasteiger partial charge in [0.1, 0.15) is 0 Å². The summed E-state index contributed by atoms with van der Waals surface area (Å²) in [4.78, 5) is 37.8. The fourth-order valence-electron chi connectivity index (χ4n) is 2.37. The maximum Gasteiger partial charge on any atom is 0.369 e. The average molecular weight is 354 g/mol. The van der Waals surface area contributed by atoms with E-state index in [1.807, 2.05) is 12.1 Å². The molecule has 1 heterocycles. The van der Waals surface area contributed by atoms with Gasteiger partial charge in [-0.15, -0.1) is 11.8 Å². The lowest BCUT2D eigenvalue weighted by atomic mass is 9.93. The Morgan fingerprint density at radius 3 is 2.29 bits per heavy atom. The van der Waals surface area contributed by atoms with Crippen molar-refractivity contribution in [1.82, 2.24) is 0 Å². The Hall–Kier alpha value is -0.170. The highest BCUT2D eigenvalue weighted by Gasteiger charge is 2.60. The van der Waals surface area contributed by atoms with Gasteiger partial charge in [-0.1, -0.05) is 18.2 Å². The fraction of sp³-hybridized carbons (Fsp3) is 0.455. The maximum atomic E-state index is 11.4. The monoisotopic (exact) mass is 354 g/mol. The van der Waals surface area contributed by atoms with Crippen LogP contribution < -0.4 is 0 Å². The lowest BCUT2D eigenvalue weighted by Crippen LogP contribution is -2.31. The lowest BCUT2D eigenvalue weighted by molar-refractivity contribution is 0.115. The van der Waals surface area contributed by atoms with Crippen molar-refractivity contribution in [1.29, 1.82) is 0 Å². The number of benzene rings is 1. The molecule has 0 spiro atoms. The Bertz CT molecular complexity index is 601. The third-order valence-corrected chi connectivity index (χ3v) is 8.45. The molecule has 0 amide bonds. The summed E-state index contributed by atoms with van der Waals surface area (Å²) in [6, 6.07) is 7.13. The minimum atomic E-state index is -5.40. The second-order valence-corrected chi connectivity index (χ2v) is 10.1. The molecule has 0 bridgehead atoms. The molecule has 7 nitrogen and oxygen atoms in total. The van der Waals surface area contributed by atoms with E-state index in [-0.39, 0.29) is 0 Å².